The van der Waals surface area contributed by atoms with Crippen molar-refractivity contribution in [1.82, 2.24) is 0 Å². The van der Waals surface area contributed by atoms with Gasteiger partial charge in [-0.25, -0.2) is 4.79 Å². The highest BCUT2D eigenvalue weighted by Crippen LogP contribution is 2.27. The van der Waals surface area contributed by atoms with Crippen LogP contribution < -0.4 is 0 Å². The molecular weight excluding hydrogens is 254 g/mol. The van der Waals surface area contributed by atoms with Crippen LogP contribution in [0.4, 0.5) is 5.69 Å². The van der Waals surface area contributed by atoms with E-state index in [2.05, 4.69) is 15.9 Å². The number of carboxylic acid groups (broad SMARTS) is 1. The van der Waals surface area contributed by atoms with Crippen molar-refractivity contribution in [2.75, 3.05) is 0 Å². The van der Waals surface area contributed by atoms with Gasteiger partial charge in [-0.15, -0.1) is 0 Å². The van der Waals surface area contributed by atoms with Crippen molar-refractivity contribution in [1.29, 1.82) is 0 Å². The summed E-state index contributed by atoms with van der Waals surface area (Å²) in [5.41, 5.74) is 0.117. The number of rotatable bonds is 2. The fourth-order valence-corrected chi connectivity index (χ4v) is 1.43. The number of nitrogens with zero attached hydrogens (tertiary/aromatic N) is 1. The predicted molar refractivity (Wildman–Crippen MR) is 52.5 cm³/mol. The first kappa shape index (κ1) is 10.6. The molecule has 5 nitrogen and oxygen atoms in total. The number of carbonyl (C=O) groups is 1. The zero-order valence-electron chi connectivity index (χ0n) is 7.15. The van der Waals surface area contributed by atoms with E-state index in [0.29, 0.717) is 10.0 Å². The van der Waals surface area contributed by atoms with Crippen LogP contribution in [0.5, 0.6) is 0 Å². The number of benzene rings is 1. The lowest BCUT2D eigenvalue weighted by Gasteiger charge is -2.01. The third-order valence-electron chi connectivity index (χ3n) is 1.76. The van der Waals surface area contributed by atoms with Gasteiger partial charge < -0.3 is 5.11 Å². The molecule has 0 aliphatic rings. The van der Waals surface area contributed by atoms with Crippen molar-refractivity contribution in [2.45, 2.75) is 6.92 Å². The fraction of sp³-hybridized carbons (Fsp3) is 0.125. The molecule has 0 aliphatic heterocycles. The summed E-state index contributed by atoms with van der Waals surface area (Å²) < 4.78 is 0.420. The van der Waals surface area contributed by atoms with Gasteiger partial charge in [-0.1, -0.05) is 15.9 Å². The van der Waals surface area contributed by atoms with E-state index in [0.717, 1.165) is 6.07 Å². The van der Waals surface area contributed by atoms with Crippen molar-refractivity contribution in [3.63, 3.8) is 0 Å². The average Bonchev–Trinajstić information content (AvgIpc) is 2.08. The summed E-state index contributed by atoms with van der Waals surface area (Å²) in [5.74, 6) is -1.19. The maximum absolute atomic E-state index is 10.6. The van der Waals surface area contributed by atoms with Crippen LogP contribution in [0, 0.1) is 17.0 Å². The van der Waals surface area contributed by atoms with E-state index in [1.165, 1.54) is 6.07 Å². The van der Waals surface area contributed by atoms with Crippen LogP contribution in [0.25, 0.3) is 0 Å². The number of hydrogen-bond acceptors (Lipinski definition) is 3. The van der Waals surface area contributed by atoms with Gasteiger partial charge in [0.25, 0.3) is 5.69 Å². The Bertz CT molecular complexity index is 416. The molecular formula is C8H6BrNO4. The molecule has 0 aliphatic carbocycles. The SMILES string of the molecule is Cc1c(Br)cc(C(=O)O)cc1[N+](=O)[O-]. The maximum Gasteiger partial charge on any atom is 0.335 e. The van der Waals surface area contributed by atoms with Gasteiger partial charge in [0.05, 0.1) is 10.5 Å². The summed E-state index contributed by atoms with van der Waals surface area (Å²) in [4.78, 5) is 20.5. The Labute approximate surface area is 87.6 Å². The molecule has 14 heavy (non-hydrogen) atoms. The Morgan fingerprint density at radius 2 is 2.14 bits per heavy atom. The largest absolute Gasteiger partial charge is 0.478 e. The number of nitro benzene ring substituents is 1. The molecule has 0 atom stereocenters. The van der Waals surface area contributed by atoms with E-state index in [-0.39, 0.29) is 11.3 Å². The Balaban J connectivity index is 3.43. The van der Waals surface area contributed by atoms with E-state index >= 15 is 0 Å². The van der Waals surface area contributed by atoms with Crippen LogP contribution in [0.3, 0.4) is 0 Å². The molecule has 0 saturated carbocycles. The van der Waals surface area contributed by atoms with E-state index in [1.807, 2.05) is 0 Å². The molecule has 1 aromatic rings. The highest BCUT2D eigenvalue weighted by molar-refractivity contribution is 9.10. The Hall–Kier alpha value is -1.43. The minimum atomic E-state index is -1.19. The van der Waals surface area contributed by atoms with Crippen molar-refractivity contribution in [2.24, 2.45) is 0 Å². The molecule has 0 aromatic heterocycles. The molecule has 0 fully saturated rings. The Morgan fingerprint density at radius 3 is 2.57 bits per heavy atom. The van der Waals surface area contributed by atoms with Crippen LogP contribution >= 0.6 is 15.9 Å². The minimum Gasteiger partial charge on any atom is -0.478 e. The molecule has 0 spiro atoms. The summed E-state index contributed by atoms with van der Waals surface area (Å²) in [7, 11) is 0. The van der Waals surface area contributed by atoms with Crippen molar-refractivity contribution < 1.29 is 14.8 Å². The molecule has 0 saturated heterocycles. The number of carboxylic acids is 1. The number of aromatic carboxylic acids is 1. The first-order valence-electron chi connectivity index (χ1n) is 3.61. The summed E-state index contributed by atoms with van der Waals surface area (Å²) in [6.45, 7) is 1.55. The average molecular weight is 260 g/mol. The van der Waals surface area contributed by atoms with Gasteiger partial charge in [-0.2, -0.15) is 0 Å². The fourth-order valence-electron chi connectivity index (χ4n) is 0.977. The third-order valence-corrected chi connectivity index (χ3v) is 2.58. The molecule has 1 rings (SSSR count). The van der Waals surface area contributed by atoms with Crippen LogP contribution in [-0.2, 0) is 0 Å². The monoisotopic (exact) mass is 259 g/mol. The van der Waals surface area contributed by atoms with Gasteiger partial charge in [-0.05, 0) is 13.0 Å². The molecule has 0 radical (unpaired) electrons. The highest BCUT2D eigenvalue weighted by Gasteiger charge is 2.17. The minimum absolute atomic E-state index is 0.103. The summed E-state index contributed by atoms with van der Waals surface area (Å²) in [6, 6.07) is 2.38. The number of halogens is 1. The maximum atomic E-state index is 10.6. The topological polar surface area (TPSA) is 80.4 Å². The Kier molecular flexibility index (Phi) is 2.85. The predicted octanol–water partition coefficient (Wildman–Crippen LogP) is 2.36. The second-order valence-electron chi connectivity index (χ2n) is 2.66. The van der Waals surface area contributed by atoms with Crippen LogP contribution in [0.15, 0.2) is 16.6 Å². The van der Waals surface area contributed by atoms with Gasteiger partial charge >= 0.3 is 5.97 Å². The van der Waals surface area contributed by atoms with Crippen molar-refractivity contribution in [3.05, 3.63) is 37.8 Å². The molecule has 0 bridgehead atoms. The number of nitro groups is 1. The third kappa shape index (κ3) is 1.90. The first-order chi connectivity index (χ1) is 6.43. The van der Waals surface area contributed by atoms with Gasteiger partial charge in [0.2, 0.25) is 0 Å². The highest BCUT2D eigenvalue weighted by atomic mass is 79.9. The van der Waals surface area contributed by atoms with Gasteiger partial charge in [0.1, 0.15) is 0 Å². The van der Waals surface area contributed by atoms with Crippen molar-refractivity contribution in [3.8, 4) is 0 Å². The summed E-state index contributed by atoms with van der Waals surface area (Å²) >= 11 is 3.07. The molecule has 1 aromatic carbocycles. The molecule has 0 amide bonds. The summed E-state index contributed by atoms with van der Waals surface area (Å²) in [6.07, 6.45) is 0. The van der Waals surface area contributed by atoms with E-state index in [4.69, 9.17) is 5.11 Å². The second kappa shape index (κ2) is 3.75. The quantitative estimate of drug-likeness (QED) is 0.653. The standard InChI is InChI=1S/C8H6BrNO4/c1-4-6(9)2-5(8(11)12)3-7(4)10(13)14/h2-3H,1H3,(H,11,12). The molecule has 0 unspecified atom stereocenters. The van der Waals surface area contributed by atoms with Gasteiger partial charge in [0, 0.05) is 16.1 Å². The van der Waals surface area contributed by atoms with Gasteiger partial charge in [-0.3, -0.25) is 10.1 Å². The van der Waals surface area contributed by atoms with E-state index in [1.54, 1.807) is 6.92 Å². The van der Waals surface area contributed by atoms with Crippen molar-refractivity contribution >= 4 is 27.6 Å². The Morgan fingerprint density at radius 1 is 1.57 bits per heavy atom. The number of hydrogen-bond donors (Lipinski definition) is 1. The van der Waals surface area contributed by atoms with E-state index in [9.17, 15) is 14.9 Å². The summed E-state index contributed by atoms with van der Waals surface area (Å²) in [5, 5.41) is 19.2. The lowest BCUT2D eigenvalue weighted by Crippen LogP contribution is -2.00. The zero-order valence-corrected chi connectivity index (χ0v) is 8.74. The second-order valence-corrected chi connectivity index (χ2v) is 3.52. The lowest BCUT2D eigenvalue weighted by atomic mass is 10.1. The normalized spacial score (nSPS) is 9.86. The lowest BCUT2D eigenvalue weighted by molar-refractivity contribution is -0.385. The first-order valence-corrected chi connectivity index (χ1v) is 4.40. The van der Waals surface area contributed by atoms with E-state index < -0.39 is 10.9 Å². The van der Waals surface area contributed by atoms with Crippen LogP contribution in [0.1, 0.15) is 15.9 Å². The molecule has 1 N–H and O–H groups in total. The van der Waals surface area contributed by atoms with Crippen LogP contribution in [-0.4, -0.2) is 16.0 Å². The molecule has 74 valence electrons. The van der Waals surface area contributed by atoms with Gasteiger partial charge in [0.15, 0.2) is 0 Å². The molecule has 6 heteroatoms. The zero-order chi connectivity index (χ0) is 10.9. The molecule has 0 heterocycles. The smallest absolute Gasteiger partial charge is 0.335 e. The van der Waals surface area contributed by atoms with Crippen LogP contribution in [0.2, 0.25) is 0 Å².